The van der Waals surface area contributed by atoms with Crippen molar-refractivity contribution in [1.29, 1.82) is 0 Å². The largest absolute Gasteiger partial charge is 0.465 e. The van der Waals surface area contributed by atoms with Crippen molar-refractivity contribution in [2.24, 2.45) is 0 Å². The molecule has 0 radical (unpaired) electrons. The fourth-order valence-electron chi connectivity index (χ4n) is 2.77. The number of hydrogen-bond donors (Lipinski definition) is 1. The quantitative estimate of drug-likeness (QED) is 0.752. The van der Waals surface area contributed by atoms with Gasteiger partial charge in [-0.25, -0.2) is 4.79 Å². The van der Waals surface area contributed by atoms with Gasteiger partial charge < -0.3 is 19.9 Å². The molecule has 6 nitrogen and oxygen atoms in total. The molecule has 0 atom stereocenters. The van der Waals surface area contributed by atoms with E-state index in [0.717, 1.165) is 38.9 Å². The van der Waals surface area contributed by atoms with Crippen LogP contribution in [0, 0.1) is 0 Å². The van der Waals surface area contributed by atoms with Gasteiger partial charge in [0.15, 0.2) is 0 Å². The Labute approximate surface area is 114 Å². The number of carbonyl (C=O) groups is 2. The number of rotatable bonds is 4. The van der Waals surface area contributed by atoms with Gasteiger partial charge in [-0.1, -0.05) is 0 Å². The normalized spacial score (nSPS) is 21.6. The molecule has 0 aromatic heterocycles. The van der Waals surface area contributed by atoms with Crippen molar-refractivity contribution < 1.29 is 14.3 Å². The van der Waals surface area contributed by atoms with E-state index in [2.05, 4.69) is 5.32 Å². The highest BCUT2D eigenvalue weighted by Gasteiger charge is 2.32. The van der Waals surface area contributed by atoms with Crippen molar-refractivity contribution in [2.75, 3.05) is 39.3 Å². The first-order valence-electron chi connectivity index (χ1n) is 7.14. The molecule has 0 unspecified atom stereocenters. The van der Waals surface area contributed by atoms with Crippen LogP contribution < -0.4 is 5.32 Å². The Balaban J connectivity index is 1.91. The molecule has 2 amide bonds. The number of carbonyl (C=O) groups excluding carboxylic acids is 2. The molecule has 108 valence electrons. The average Bonchev–Trinajstić information content (AvgIpc) is 2.42. The maximum Gasteiger partial charge on any atom is 0.325 e. The summed E-state index contributed by atoms with van der Waals surface area (Å²) in [7, 11) is 0. The summed E-state index contributed by atoms with van der Waals surface area (Å²) in [5, 5.41) is 3.30. The Bertz CT molecular complexity index is 329. The third-order valence-electron chi connectivity index (χ3n) is 3.72. The molecule has 2 fully saturated rings. The van der Waals surface area contributed by atoms with Crippen LogP contribution in [0.15, 0.2) is 0 Å². The van der Waals surface area contributed by atoms with E-state index < -0.39 is 0 Å². The summed E-state index contributed by atoms with van der Waals surface area (Å²) in [6.07, 6.45) is 2.92. The summed E-state index contributed by atoms with van der Waals surface area (Å²) in [5.41, 5.74) is 0. The molecule has 0 aromatic carbocycles. The molecule has 6 heteroatoms. The van der Waals surface area contributed by atoms with Crippen LogP contribution in [0.2, 0.25) is 0 Å². The molecule has 19 heavy (non-hydrogen) atoms. The second-order valence-electron chi connectivity index (χ2n) is 5.04. The maximum atomic E-state index is 12.4. The second-order valence-corrected chi connectivity index (χ2v) is 5.04. The van der Waals surface area contributed by atoms with Gasteiger partial charge in [-0.3, -0.25) is 4.79 Å². The number of ether oxygens (including phenoxy) is 1. The molecule has 2 rings (SSSR count). The minimum atomic E-state index is -0.317. The van der Waals surface area contributed by atoms with Gasteiger partial charge in [-0.05, 0) is 39.3 Å². The Morgan fingerprint density at radius 3 is 2.79 bits per heavy atom. The number of nitrogens with zero attached hydrogens (tertiary/aromatic N) is 2. The van der Waals surface area contributed by atoms with Crippen molar-refractivity contribution >= 4 is 12.0 Å². The number of amides is 2. The van der Waals surface area contributed by atoms with Crippen LogP contribution >= 0.6 is 0 Å². The van der Waals surface area contributed by atoms with Gasteiger partial charge in [0.25, 0.3) is 0 Å². The van der Waals surface area contributed by atoms with Gasteiger partial charge in [-0.2, -0.15) is 0 Å². The van der Waals surface area contributed by atoms with Gasteiger partial charge in [0.1, 0.15) is 6.54 Å². The van der Waals surface area contributed by atoms with E-state index in [1.165, 1.54) is 0 Å². The predicted octanol–water partition coefficient (Wildman–Crippen LogP) is 0.429. The van der Waals surface area contributed by atoms with Crippen LogP contribution in [0.1, 0.15) is 26.2 Å². The highest BCUT2D eigenvalue weighted by molar-refractivity contribution is 5.81. The molecule has 2 aliphatic rings. The zero-order valence-corrected chi connectivity index (χ0v) is 11.6. The minimum Gasteiger partial charge on any atom is -0.465 e. The van der Waals surface area contributed by atoms with Gasteiger partial charge in [0, 0.05) is 19.1 Å². The molecule has 2 heterocycles. The Morgan fingerprint density at radius 2 is 2.11 bits per heavy atom. The third kappa shape index (κ3) is 3.59. The van der Waals surface area contributed by atoms with Crippen molar-refractivity contribution in [3.05, 3.63) is 0 Å². The Morgan fingerprint density at radius 1 is 1.37 bits per heavy atom. The van der Waals surface area contributed by atoms with Crippen molar-refractivity contribution in [3.63, 3.8) is 0 Å². The molecule has 2 saturated heterocycles. The zero-order valence-electron chi connectivity index (χ0n) is 11.6. The van der Waals surface area contributed by atoms with Crippen LogP contribution in [0.5, 0.6) is 0 Å². The lowest BCUT2D eigenvalue weighted by Crippen LogP contribution is -2.56. The van der Waals surface area contributed by atoms with E-state index in [0.29, 0.717) is 19.2 Å². The summed E-state index contributed by atoms with van der Waals surface area (Å²) < 4.78 is 4.91. The SMILES string of the molecule is CCOC(=O)CN1CCCN(C2CCNCC2)C1=O. The van der Waals surface area contributed by atoms with Crippen LogP contribution in [0.25, 0.3) is 0 Å². The van der Waals surface area contributed by atoms with E-state index in [9.17, 15) is 9.59 Å². The van der Waals surface area contributed by atoms with E-state index in [-0.39, 0.29) is 18.5 Å². The molecular weight excluding hydrogens is 246 g/mol. The summed E-state index contributed by atoms with van der Waals surface area (Å²) in [6, 6.07) is 0.310. The summed E-state index contributed by atoms with van der Waals surface area (Å²) >= 11 is 0. The van der Waals surface area contributed by atoms with Gasteiger partial charge >= 0.3 is 12.0 Å². The van der Waals surface area contributed by atoms with E-state index >= 15 is 0 Å². The van der Waals surface area contributed by atoms with Gasteiger partial charge in [0.2, 0.25) is 0 Å². The monoisotopic (exact) mass is 269 g/mol. The summed E-state index contributed by atoms with van der Waals surface area (Å²) in [6.45, 7) is 5.60. The van der Waals surface area contributed by atoms with Crippen molar-refractivity contribution in [1.82, 2.24) is 15.1 Å². The fraction of sp³-hybridized carbons (Fsp3) is 0.846. The zero-order chi connectivity index (χ0) is 13.7. The predicted molar refractivity (Wildman–Crippen MR) is 70.8 cm³/mol. The fourth-order valence-corrected chi connectivity index (χ4v) is 2.77. The molecular formula is C13H23N3O3. The van der Waals surface area contributed by atoms with Crippen molar-refractivity contribution in [2.45, 2.75) is 32.2 Å². The molecule has 2 aliphatic heterocycles. The first-order valence-corrected chi connectivity index (χ1v) is 7.14. The summed E-state index contributed by atoms with van der Waals surface area (Å²) in [5.74, 6) is -0.317. The lowest BCUT2D eigenvalue weighted by atomic mass is 10.0. The van der Waals surface area contributed by atoms with Gasteiger partial charge in [-0.15, -0.1) is 0 Å². The molecule has 0 saturated carbocycles. The topological polar surface area (TPSA) is 61.9 Å². The van der Waals surface area contributed by atoms with Crippen molar-refractivity contribution in [3.8, 4) is 0 Å². The van der Waals surface area contributed by atoms with Crippen LogP contribution in [-0.2, 0) is 9.53 Å². The molecule has 0 spiro atoms. The lowest BCUT2D eigenvalue weighted by Gasteiger charge is -2.41. The Hall–Kier alpha value is -1.30. The average molecular weight is 269 g/mol. The van der Waals surface area contributed by atoms with E-state index in [1.54, 1.807) is 11.8 Å². The Kier molecular flexibility index (Phi) is 5.01. The van der Waals surface area contributed by atoms with E-state index in [1.807, 2.05) is 4.90 Å². The number of hydrogen-bond acceptors (Lipinski definition) is 4. The highest BCUT2D eigenvalue weighted by atomic mass is 16.5. The molecule has 0 aliphatic carbocycles. The van der Waals surface area contributed by atoms with Gasteiger partial charge in [0.05, 0.1) is 6.61 Å². The number of urea groups is 1. The summed E-state index contributed by atoms with van der Waals surface area (Å²) in [4.78, 5) is 27.4. The lowest BCUT2D eigenvalue weighted by molar-refractivity contribution is -0.144. The molecule has 0 aromatic rings. The molecule has 1 N–H and O–H groups in total. The standard InChI is InChI=1S/C13H23N3O3/c1-2-19-12(17)10-15-8-3-9-16(13(15)18)11-4-6-14-7-5-11/h11,14H,2-10H2,1H3. The third-order valence-corrected chi connectivity index (χ3v) is 3.72. The molecule has 0 bridgehead atoms. The first kappa shape index (κ1) is 14.1. The smallest absolute Gasteiger partial charge is 0.325 e. The first-order chi connectivity index (χ1) is 9.22. The highest BCUT2D eigenvalue weighted by Crippen LogP contribution is 2.18. The number of nitrogens with one attached hydrogen (secondary N) is 1. The second kappa shape index (κ2) is 6.75. The van der Waals surface area contributed by atoms with Crippen LogP contribution in [0.3, 0.4) is 0 Å². The minimum absolute atomic E-state index is 0.00815. The maximum absolute atomic E-state index is 12.4. The van der Waals surface area contributed by atoms with Crippen LogP contribution in [-0.4, -0.2) is 67.2 Å². The van der Waals surface area contributed by atoms with E-state index in [4.69, 9.17) is 4.74 Å². The number of esters is 1. The van der Waals surface area contributed by atoms with Crippen LogP contribution in [0.4, 0.5) is 4.79 Å². The number of piperidine rings is 1.